The van der Waals surface area contributed by atoms with Gasteiger partial charge in [-0.05, 0) is 60.5 Å². The third-order valence-corrected chi connectivity index (χ3v) is 3.95. The highest BCUT2D eigenvalue weighted by atomic mass is 32.1. The number of nitro benzene ring substituents is 1. The Hall–Kier alpha value is -3.06. The highest BCUT2D eigenvalue weighted by Crippen LogP contribution is 2.20. The van der Waals surface area contributed by atoms with Gasteiger partial charge in [0.2, 0.25) is 5.91 Å². The maximum absolute atomic E-state index is 12.0. The smallest absolute Gasteiger partial charge is 0.269 e. The number of non-ortho nitro benzene ring substituents is 1. The summed E-state index contributed by atoms with van der Waals surface area (Å²) in [7, 11) is 0. The molecule has 0 heterocycles. The number of nitro groups is 1. The minimum Gasteiger partial charge on any atom is -0.332 e. The van der Waals surface area contributed by atoms with E-state index in [9.17, 15) is 14.9 Å². The van der Waals surface area contributed by atoms with Gasteiger partial charge in [-0.15, -0.1) is 0 Å². The summed E-state index contributed by atoms with van der Waals surface area (Å²) in [5, 5.41) is 16.5. The lowest BCUT2D eigenvalue weighted by Gasteiger charge is -2.14. The average Bonchev–Trinajstić information content (AvgIpc) is 2.62. The molecule has 2 aromatic carbocycles. The van der Waals surface area contributed by atoms with Crippen LogP contribution in [-0.2, 0) is 11.2 Å². The van der Waals surface area contributed by atoms with Crippen LogP contribution >= 0.6 is 12.2 Å². The number of para-hydroxylation sites is 1. The number of nitrogens with one attached hydrogen (secondary N) is 2. The Morgan fingerprint density at radius 1 is 1.23 bits per heavy atom. The SMILES string of the molecule is CCc1cccc(C)c1NC(=S)NC(=O)/C=C/c1ccc([N+](=O)[O-])cc1. The summed E-state index contributed by atoms with van der Waals surface area (Å²) in [5.74, 6) is -0.382. The molecule has 0 aliphatic carbocycles. The lowest BCUT2D eigenvalue weighted by atomic mass is 10.1. The number of thiocarbonyl (C=S) groups is 1. The zero-order valence-electron chi connectivity index (χ0n) is 14.5. The first kappa shape index (κ1) is 19.3. The van der Waals surface area contributed by atoms with Crippen molar-refractivity contribution in [2.75, 3.05) is 5.32 Å². The fourth-order valence-electron chi connectivity index (χ4n) is 2.38. The van der Waals surface area contributed by atoms with Gasteiger partial charge in [0.15, 0.2) is 5.11 Å². The number of nitrogens with zero attached hydrogens (tertiary/aromatic N) is 1. The van der Waals surface area contributed by atoms with Gasteiger partial charge in [-0.25, -0.2) is 0 Å². The summed E-state index contributed by atoms with van der Waals surface area (Å²) in [6.45, 7) is 4.02. The van der Waals surface area contributed by atoms with Crippen molar-refractivity contribution in [1.29, 1.82) is 0 Å². The number of carbonyl (C=O) groups excluding carboxylic acids is 1. The number of carbonyl (C=O) groups is 1. The fourth-order valence-corrected chi connectivity index (χ4v) is 2.58. The van der Waals surface area contributed by atoms with E-state index >= 15 is 0 Å². The summed E-state index contributed by atoms with van der Waals surface area (Å²) in [6, 6.07) is 11.9. The molecule has 0 spiro atoms. The molecule has 7 heteroatoms. The molecular formula is C19H19N3O3S. The lowest BCUT2D eigenvalue weighted by Crippen LogP contribution is -2.33. The number of rotatable bonds is 5. The molecule has 0 saturated heterocycles. The molecule has 6 nitrogen and oxygen atoms in total. The van der Waals surface area contributed by atoms with Crippen molar-refractivity contribution >= 4 is 40.7 Å². The maximum Gasteiger partial charge on any atom is 0.269 e. The van der Waals surface area contributed by atoms with E-state index in [1.807, 2.05) is 25.1 Å². The summed E-state index contributed by atoms with van der Waals surface area (Å²) in [6.07, 6.45) is 3.74. The molecule has 0 aliphatic heterocycles. The topological polar surface area (TPSA) is 84.3 Å². The van der Waals surface area contributed by atoms with E-state index in [0.717, 1.165) is 23.2 Å². The van der Waals surface area contributed by atoms with Crippen LogP contribution < -0.4 is 10.6 Å². The molecule has 1 amide bonds. The number of anilines is 1. The molecule has 0 bridgehead atoms. The predicted octanol–water partition coefficient (Wildman–Crippen LogP) is 3.99. The molecule has 2 rings (SSSR count). The number of amides is 1. The summed E-state index contributed by atoms with van der Waals surface area (Å²) < 4.78 is 0. The Morgan fingerprint density at radius 3 is 2.54 bits per heavy atom. The second-order valence-corrected chi connectivity index (χ2v) is 6.00. The van der Waals surface area contributed by atoms with Crippen LogP contribution in [0.5, 0.6) is 0 Å². The van der Waals surface area contributed by atoms with Crippen LogP contribution in [0.1, 0.15) is 23.6 Å². The first-order chi connectivity index (χ1) is 12.4. The van der Waals surface area contributed by atoms with E-state index in [1.165, 1.54) is 18.2 Å². The number of benzene rings is 2. The van der Waals surface area contributed by atoms with Gasteiger partial charge in [-0.3, -0.25) is 20.2 Å². The minimum absolute atomic E-state index is 0.00179. The largest absolute Gasteiger partial charge is 0.332 e. The molecule has 0 atom stereocenters. The van der Waals surface area contributed by atoms with Crippen molar-refractivity contribution in [2.24, 2.45) is 0 Å². The molecule has 0 aliphatic rings. The molecule has 0 aromatic heterocycles. The van der Waals surface area contributed by atoms with Crippen LogP contribution in [0.4, 0.5) is 11.4 Å². The zero-order chi connectivity index (χ0) is 19.1. The predicted molar refractivity (Wildman–Crippen MR) is 107 cm³/mol. The number of hydrogen-bond acceptors (Lipinski definition) is 4. The van der Waals surface area contributed by atoms with Crippen molar-refractivity contribution in [3.8, 4) is 0 Å². The van der Waals surface area contributed by atoms with Crippen LogP contribution in [0, 0.1) is 17.0 Å². The highest BCUT2D eigenvalue weighted by molar-refractivity contribution is 7.80. The Labute approximate surface area is 157 Å². The van der Waals surface area contributed by atoms with Crippen molar-refractivity contribution in [2.45, 2.75) is 20.3 Å². The van der Waals surface area contributed by atoms with Gasteiger partial charge >= 0.3 is 0 Å². The Bertz CT molecular complexity index is 861. The van der Waals surface area contributed by atoms with E-state index in [2.05, 4.69) is 17.6 Å². The third kappa shape index (κ3) is 5.22. The molecule has 0 unspecified atom stereocenters. The maximum atomic E-state index is 12.0. The summed E-state index contributed by atoms with van der Waals surface area (Å²) in [5.41, 5.74) is 3.74. The van der Waals surface area contributed by atoms with E-state index < -0.39 is 4.92 Å². The molecule has 2 N–H and O–H groups in total. The van der Waals surface area contributed by atoms with Gasteiger partial charge in [0.05, 0.1) is 4.92 Å². The van der Waals surface area contributed by atoms with Crippen molar-refractivity contribution < 1.29 is 9.72 Å². The normalized spacial score (nSPS) is 10.5. The molecule has 2 aromatic rings. The van der Waals surface area contributed by atoms with Gasteiger partial charge in [0.25, 0.3) is 5.69 Å². The standard InChI is InChI=1S/C19H19N3O3S/c1-3-15-6-4-5-13(2)18(15)21-19(26)20-17(23)12-9-14-7-10-16(11-8-14)22(24)25/h4-12H,3H2,1-2H3,(H2,20,21,23,26)/b12-9+. The van der Waals surface area contributed by atoms with Gasteiger partial charge in [0.1, 0.15) is 0 Å². The van der Waals surface area contributed by atoms with Crippen LogP contribution in [0.15, 0.2) is 48.5 Å². The second kappa shape index (κ2) is 8.87. The number of hydrogen-bond donors (Lipinski definition) is 2. The third-order valence-electron chi connectivity index (χ3n) is 3.75. The summed E-state index contributed by atoms with van der Waals surface area (Å²) in [4.78, 5) is 22.1. The molecular weight excluding hydrogens is 350 g/mol. The first-order valence-corrected chi connectivity index (χ1v) is 8.44. The second-order valence-electron chi connectivity index (χ2n) is 5.59. The van der Waals surface area contributed by atoms with Crippen LogP contribution in [0.3, 0.4) is 0 Å². The van der Waals surface area contributed by atoms with Gasteiger partial charge in [-0.2, -0.15) is 0 Å². The monoisotopic (exact) mass is 369 g/mol. The molecule has 134 valence electrons. The average molecular weight is 369 g/mol. The van der Waals surface area contributed by atoms with E-state index in [4.69, 9.17) is 12.2 Å². The van der Waals surface area contributed by atoms with Crippen LogP contribution in [0.2, 0.25) is 0 Å². The molecule has 0 saturated carbocycles. The fraction of sp³-hybridized carbons (Fsp3) is 0.158. The zero-order valence-corrected chi connectivity index (χ0v) is 15.3. The van der Waals surface area contributed by atoms with E-state index in [0.29, 0.717) is 5.56 Å². The molecule has 0 fully saturated rings. The minimum atomic E-state index is -0.472. The number of aryl methyl sites for hydroxylation is 2. The Morgan fingerprint density at radius 2 is 1.92 bits per heavy atom. The van der Waals surface area contributed by atoms with Gasteiger partial charge in [-0.1, -0.05) is 25.1 Å². The first-order valence-electron chi connectivity index (χ1n) is 8.03. The quantitative estimate of drug-likeness (QED) is 0.360. The van der Waals surface area contributed by atoms with Gasteiger partial charge in [0, 0.05) is 23.9 Å². The molecule has 0 radical (unpaired) electrons. The summed E-state index contributed by atoms with van der Waals surface area (Å²) >= 11 is 5.20. The van der Waals surface area contributed by atoms with Crippen molar-refractivity contribution in [3.05, 3.63) is 75.3 Å². The van der Waals surface area contributed by atoms with Crippen molar-refractivity contribution in [1.82, 2.24) is 5.32 Å². The highest BCUT2D eigenvalue weighted by Gasteiger charge is 2.08. The van der Waals surface area contributed by atoms with E-state index in [-0.39, 0.29) is 16.7 Å². The van der Waals surface area contributed by atoms with Crippen molar-refractivity contribution in [3.63, 3.8) is 0 Å². The van der Waals surface area contributed by atoms with E-state index in [1.54, 1.807) is 18.2 Å². The van der Waals surface area contributed by atoms with Crippen LogP contribution in [0.25, 0.3) is 6.08 Å². The van der Waals surface area contributed by atoms with Gasteiger partial charge < -0.3 is 5.32 Å². The Kier molecular flexibility index (Phi) is 6.57. The Balaban J connectivity index is 1.97. The lowest BCUT2D eigenvalue weighted by molar-refractivity contribution is -0.384. The van der Waals surface area contributed by atoms with Crippen LogP contribution in [-0.4, -0.2) is 15.9 Å². The molecule has 26 heavy (non-hydrogen) atoms.